The number of hydrazone groups is 1. The SMILES string of the molecule is CCCCCCCCCCCN1CN(c2ccccc2)C=N1. The summed E-state index contributed by atoms with van der Waals surface area (Å²) in [6.07, 6.45) is 14.4. The molecule has 3 nitrogen and oxygen atoms in total. The molecule has 0 amide bonds. The van der Waals surface area contributed by atoms with Crippen molar-refractivity contribution in [2.75, 3.05) is 18.1 Å². The van der Waals surface area contributed by atoms with Gasteiger partial charge in [0.05, 0.1) is 0 Å². The first-order chi connectivity index (χ1) is 10.9. The van der Waals surface area contributed by atoms with Crippen LogP contribution >= 0.6 is 0 Å². The standard InChI is InChI=1S/C19H31N3/c1-2-3-4-5-6-7-8-9-13-16-22-18-21(17-20-22)19-14-11-10-12-15-19/h10-12,14-15,17H,2-9,13,16,18H2,1H3. The lowest BCUT2D eigenvalue weighted by atomic mass is 10.1. The number of nitrogens with zero attached hydrogens (tertiary/aromatic N) is 3. The van der Waals surface area contributed by atoms with Gasteiger partial charge in [-0.05, 0) is 18.6 Å². The van der Waals surface area contributed by atoms with Crippen LogP contribution in [0.2, 0.25) is 0 Å². The zero-order valence-corrected chi connectivity index (χ0v) is 14.1. The minimum Gasteiger partial charge on any atom is -0.311 e. The Labute approximate surface area is 136 Å². The predicted molar refractivity (Wildman–Crippen MR) is 96.2 cm³/mol. The normalized spacial score (nSPS) is 14.0. The first-order valence-electron chi connectivity index (χ1n) is 9.01. The van der Waals surface area contributed by atoms with Crippen LogP contribution in [0.1, 0.15) is 64.7 Å². The third kappa shape index (κ3) is 6.08. The number of benzene rings is 1. The van der Waals surface area contributed by atoms with Gasteiger partial charge < -0.3 is 4.90 Å². The van der Waals surface area contributed by atoms with Crippen molar-refractivity contribution in [3.05, 3.63) is 30.3 Å². The molecule has 2 rings (SSSR count). The maximum absolute atomic E-state index is 4.50. The molecule has 0 aliphatic carbocycles. The molecule has 0 N–H and O–H groups in total. The van der Waals surface area contributed by atoms with Gasteiger partial charge in [-0.3, -0.25) is 5.01 Å². The van der Waals surface area contributed by atoms with Gasteiger partial charge in [-0.2, -0.15) is 5.10 Å². The van der Waals surface area contributed by atoms with E-state index in [4.69, 9.17) is 0 Å². The molecule has 0 saturated heterocycles. The molecule has 0 spiro atoms. The Morgan fingerprint density at radius 2 is 1.50 bits per heavy atom. The Kier molecular flexibility index (Phi) is 7.86. The average Bonchev–Trinajstić information content (AvgIpc) is 3.03. The Bertz CT molecular complexity index is 416. The molecule has 0 aromatic heterocycles. The molecule has 0 unspecified atom stereocenters. The Morgan fingerprint density at radius 3 is 2.18 bits per heavy atom. The predicted octanol–water partition coefficient (Wildman–Crippen LogP) is 5.24. The highest BCUT2D eigenvalue weighted by atomic mass is 15.6. The molecular weight excluding hydrogens is 270 g/mol. The smallest absolute Gasteiger partial charge is 0.117 e. The molecule has 3 heteroatoms. The zero-order chi connectivity index (χ0) is 15.5. The molecule has 1 aromatic carbocycles. The van der Waals surface area contributed by atoms with Crippen molar-refractivity contribution in [1.29, 1.82) is 0 Å². The van der Waals surface area contributed by atoms with E-state index in [0.717, 1.165) is 13.2 Å². The summed E-state index contributed by atoms with van der Waals surface area (Å²) < 4.78 is 0. The number of unbranched alkanes of at least 4 members (excludes halogenated alkanes) is 8. The van der Waals surface area contributed by atoms with Crippen LogP contribution in [0.5, 0.6) is 0 Å². The van der Waals surface area contributed by atoms with Crippen LogP contribution in [-0.2, 0) is 0 Å². The van der Waals surface area contributed by atoms with Crippen molar-refractivity contribution in [3.8, 4) is 0 Å². The molecule has 0 fully saturated rings. The quantitative estimate of drug-likeness (QED) is 0.520. The molecule has 1 aliphatic heterocycles. The fourth-order valence-electron chi connectivity index (χ4n) is 2.89. The lowest BCUT2D eigenvalue weighted by molar-refractivity contribution is 0.308. The van der Waals surface area contributed by atoms with E-state index in [-0.39, 0.29) is 0 Å². The number of rotatable bonds is 11. The van der Waals surface area contributed by atoms with Crippen LogP contribution in [0.4, 0.5) is 5.69 Å². The maximum atomic E-state index is 4.50. The molecule has 0 saturated carbocycles. The summed E-state index contributed by atoms with van der Waals surface area (Å²) in [7, 11) is 0. The van der Waals surface area contributed by atoms with Crippen LogP contribution in [0.15, 0.2) is 35.4 Å². The van der Waals surface area contributed by atoms with Crippen molar-refractivity contribution in [2.24, 2.45) is 5.10 Å². The molecule has 1 heterocycles. The van der Waals surface area contributed by atoms with Crippen LogP contribution in [0.3, 0.4) is 0 Å². The Hall–Kier alpha value is -1.51. The van der Waals surface area contributed by atoms with Gasteiger partial charge in [0.1, 0.15) is 13.0 Å². The van der Waals surface area contributed by atoms with Gasteiger partial charge in [0, 0.05) is 12.2 Å². The highest BCUT2D eigenvalue weighted by Crippen LogP contribution is 2.16. The van der Waals surface area contributed by atoms with E-state index >= 15 is 0 Å². The number of hydrogen-bond donors (Lipinski definition) is 0. The highest BCUT2D eigenvalue weighted by Gasteiger charge is 2.14. The molecule has 0 atom stereocenters. The first kappa shape index (κ1) is 16.9. The van der Waals surface area contributed by atoms with Crippen molar-refractivity contribution >= 4 is 12.0 Å². The monoisotopic (exact) mass is 301 g/mol. The molecule has 22 heavy (non-hydrogen) atoms. The Balaban J connectivity index is 1.48. The maximum Gasteiger partial charge on any atom is 0.117 e. The second-order valence-electron chi connectivity index (χ2n) is 6.24. The fourth-order valence-corrected chi connectivity index (χ4v) is 2.89. The average molecular weight is 301 g/mol. The minimum atomic E-state index is 0.890. The zero-order valence-electron chi connectivity index (χ0n) is 14.1. The second kappa shape index (κ2) is 10.3. The lowest BCUT2D eigenvalue weighted by Crippen LogP contribution is -2.26. The lowest BCUT2D eigenvalue weighted by Gasteiger charge is -2.18. The van der Waals surface area contributed by atoms with Gasteiger partial charge >= 0.3 is 0 Å². The molecule has 122 valence electrons. The van der Waals surface area contributed by atoms with E-state index in [0.29, 0.717) is 0 Å². The van der Waals surface area contributed by atoms with Gasteiger partial charge in [-0.15, -0.1) is 0 Å². The van der Waals surface area contributed by atoms with Crippen LogP contribution < -0.4 is 4.90 Å². The fraction of sp³-hybridized carbons (Fsp3) is 0.632. The van der Waals surface area contributed by atoms with E-state index in [9.17, 15) is 0 Å². The van der Waals surface area contributed by atoms with E-state index < -0.39 is 0 Å². The van der Waals surface area contributed by atoms with E-state index in [1.165, 1.54) is 63.5 Å². The molecule has 0 bridgehead atoms. The summed E-state index contributed by atoms with van der Waals surface area (Å²) in [6.45, 7) is 4.25. The summed E-state index contributed by atoms with van der Waals surface area (Å²) in [4.78, 5) is 2.20. The number of anilines is 1. The minimum absolute atomic E-state index is 0.890. The summed E-state index contributed by atoms with van der Waals surface area (Å²) in [6, 6.07) is 10.5. The van der Waals surface area contributed by atoms with E-state index in [2.05, 4.69) is 52.3 Å². The van der Waals surface area contributed by atoms with E-state index in [1.54, 1.807) is 0 Å². The van der Waals surface area contributed by atoms with Crippen molar-refractivity contribution in [3.63, 3.8) is 0 Å². The second-order valence-corrected chi connectivity index (χ2v) is 6.24. The van der Waals surface area contributed by atoms with Crippen LogP contribution in [0.25, 0.3) is 0 Å². The van der Waals surface area contributed by atoms with Gasteiger partial charge in [-0.25, -0.2) is 0 Å². The van der Waals surface area contributed by atoms with Gasteiger partial charge in [0.25, 0.3) is 0 Å². The summed E-state index contributed by atoms with van der Waals surface area (Å²) in [5.74, 6) is 0. The molecule has 1 aliphatic rings. The number of hydrogen-bond acceptors (Lipinski definition) is 3. The van der Waals surface area contributed by atoms with Crippen molar-refractivity contribution < 1.29 is 0 Å². The van der Waals surface area contributed by atoms with Crippen LogP contribution in [0, 0.1) is 0 Å². The molecular formula is C19H31N3. The van der Waals surface area contributed by atoms with Gasteiger partial charge in [0.15, 0.2) is 0 Å². The van der Waals surface area contributed by atoms with Gasteiger partial charge in [0.2, 0.25) is 0 Å². The number of para-hydroxylation sites is 1. The summed E-state index contributed by atoms with van der Waals surface area (Å²) in [5.41, 5.74) is 1.22. The largest absolute Gasteiger partial charge is 0.311 e. The first-order valence-corrected chi connectivity index (χ1v) is 9.01. The topological polar surface area (TPSA) is 18.8 Å². The summed E-state index contributed by atoms with van der Waals surface area (Å²) >= 11 is 0. The molecule has 1 aromatic rings. The van der Waals surface area contributed by atoms with Crippen LogP contribution in [-0.4, -0.2) is 24.6 Å². The highest BCUT2D eigenvalue weighted by molar-refractivity contribution is 5.80. The van der Waals surface area contributed by atoms with Crippen molar-refractivity contribution in [1.82, 2.24) is 5.01 Å². The Morgan fingerprint density at radius 1 is 0.864 bits per heavy atom. The van der Waals surface area contributed by atoms with Gasteiger partial charge in [-0.1, -0.05) is 76.5 Å². The third-order valence-electron chi connectivity index (χ3n) is 4.28. The molecule has 0 radical (unpaired) electrons. The van der Waals surface area contributed by atoms with E-state index in [1.807, 2.05) is 6.34 Å². The van der Waals surface area contributed by atoms with Crippen molar-refractivity contribution in [2.45, 2.75) is 64.7 Å². The third-order valence-corrected chi connectivity index (χ3v) is 4.28. The summed E-state index contributed by atoms with van der Waals surface area (Å²) in [5, 5.41) is 6.67.